The Balaban J connectivity index is 2.24. The van der Waals surface area contributed by atoms with Crippen molar-refractivity contribution in [3.63, 3.8) is 0 Å². The van der Waals surface area contributed by atoms with Crippen molar-refractivity contribution in [1.82, 2.24) is 9.62 Å². The Kier molecular flexibility index (Phi) is 5.37. The third kappa shape index (κ3) is 3.63. The lowest BCUT2D eigenvalue weighted by Gasteiger charge is -2.17. The lowest BCUT2D eigenvalue weighted by atomic mass is 10.1. The first kappa shape index (κ1) is 16.4. The van der Waals surface area contributed by atoms with E-state index < -0.39 is 10.0 Å². The van der Waals surface area contributed by atoms with Gasteiger partial charge in [0.15, 0.2) is 0 Å². The second-order valence-electron chi connectivity index (χ2n) is 5.38. The molecule has 1 N–H and O–H groups in total. The summed E-state index contributed by atoms with van der Waals surface area (Å²) in [5, 5.41) is 3.24. The smallest absolute Gasteiger partial charge is 0.243 e. The van der Waals surface area contributed by atoms with Crippen molar-refractivity contribution in [3.8, 4) is 0 Å². The summed E-state index contributed by atoms with van der Waals surface area (Å²) < 4.78 is 32.1. The second-order valence-corrected chi connectivity index (χ2v) is 7.32. The third-order valence-corrected chi connectivity index (χ3v) is 5.83. The second kappa shape index (κ2) is 6.87. The van der Waals surface area contributed by atoms with Gasteiger partial charge in [0.1, 0.15) is 0 Å². The molecular formula is C15H24N2O3S. The summed E-state index contributed by atoms with van der Waals surface area (Å²) in [7, 11) is -1.79. The predicted molar refractivity (Wildman–Crippen MR) is 82.7 cm³/mol. The van der Waals surface area contributed by atoms with Crippen LogP contribution in [0.3, 0.4) is 0 Å². The monoisotopic (exact) mass is 312 g/mol. The average molecular weight is 312 g/mol. The molecule has 5 nitrogen and oxygen atoms in total. The molecule has 1 heterocycles. The molecule has 1 aromatic carbocycles. The van der Waals surface area contributed by atoms with Crippen LogP contribution in [0.15, 0.2) is 23.1 Å². The minimum Gasteiger partial charge on any atom is -0.380 e. The summed E-state index contributed by atoms with van der Waals surface area (Å²) in [6.07, 6.45) is 0.762. The average Bonchev–Trinajstić information content (AvgIpc) is 2.96. The Morgan fingerprint density at radius 2 is 2.19 bits per heavy atom. The van der Waals surface area contributed by atoms with Crippen molar-refractivity contribution in [1.29, 1.82) is 0 Å². The Hall–Kier alpha value is -0.950. The van der Waals surface area contributed by atoms with Gasteiger partial charge in [0, 0.05) is 26.7 Å². The molecule has 21 heavy (non-hydrogen) atoms. The van der Waals surface area contributed by atoms with Crippen LogP contribution in [0.1, 0.15) is 24.5 Å². The number of ether oxygens (including phenoxy) is 1. The Morgan fingerprint density at radius 3 is 2.81 bits per heavy atom. The minimum atomic E-state index is -3.42. The zero-order chi connectivity index (χ0) is 15.5. The van der Waals surface area contributed by atoms with Crippen molar-refractivity contribution >= 4 is 10.0 Å². The van der Waals surface area contributed by atoms with E-state index >= 15 is 0 Å². The number of hydrogen-bond acceptors (Lipinski definition) is 4. The van der Waals surface area contributed by atoms with Crippen molar-refractivity contribution in [2.75, 3.05) is 26.7 Å². The largest absolute Gasteiger partial charge is 0.380 e. The number of methoxy groups -OCH3 is 1. The fraction of sp³-hybridized carbons (Fsp3) is 0.600. The van der Waals surface area contributed by atoms with Crippen LogP contribution in [-0.4, -0.2) is 45.6 Å². The zero-order valence-corrected chi connectivity index (χ0v) is 13.7. The first-order chi connectivity index (χ1) is 9.98. The maximum atomic E-state index is 12.7. The van der Waals surface area contributed by atoms with Gasteiger partial charge in [0.25, 0.3) is 0 Å². The quantitative estimate of drug-likeness (QED) is 0.865. The van der Waals surface area contributed by atoms with Gasteiger partial charge in [-0.15, -0.1) is 0 Å². The molecule has 0 aromatic heterocycles. The van der Waals surface area contributed by atoms with E-state index in [0.29, 0.717) is 24.5 Å². The molecule has 1 aliphatic heterocycles. The molecule has 0 spiro atoms. The highest BCUT2D eigenvalue weighted by atomic mass is 32.2. The summed E-state index contributed by atoms with van der Waals surface area (Å²) >= 11 is 0. The summed E-state index contributed by atoms with van der Waals surface area (Å²) in [5.41, 5.74) is 2.13. The molecule has 2 rings (SSSR count). The molecule has 0 aliphatic carbocycles. The summed E-state index contributed by atoms with van der Waals surface area (Å²) in [6.45, 7) is 6.54. The van der Waals surface area contributed by atoms with Gasteiger partial charge in [-0.3, -0.25) is 0 Å². The fourth-order valence-electron chi connectivity index (χ4n) is 2.52. The van der Waals surface area contributed by atoms with E-state index in [1.807, 2.05) is 19.9 Å². The Morgan fingerprint density at radius 1 is 1.43 bits per heavy atom. The molecule has 1 aliphatic rings. The van der Waals surface area contributed by atoms with Crippen LogP contribution in [0, 0.1) is 6.92 Å². The number of aryl methyl sites for hydroxylation is 1. The summed E-state index contributed by atoms with van der Waals surface area (Å²) in [5.74, 6) is 0. The van der Waals surface area contributed by atoms with E-state index in [1.165, 1.54) is 4.31 Å². The van der Waals surface area contributed by atoms with Gasteiger partial charge in [-0.2, -0.15) is 4.31 Å². The highest BCUT2D eigenvalue weighted by Crippen LogP contribution is 2.24. The Bertz CT molecular complexity index is 587. The van der Waals surface area contributed by atoms with Crippen LogP contribution < -0.4 is 5.32 Å². The van der Waals surface area contributed by atoms with Gasteiger partial charge in [0.2, 0.25) is 10.0 Å². The maximum Gasteiger partial charge on any atom is 0.243 e. The van der Waals surface area contributed by atoms with E-state index in [2.05, 4.69) is 5.32 Å². The number of hydrogen-bond donors (Lipinski definition) is 1. The van der Waals surface area contributed by atoms with Crippen molar-refractivity contribution in [3.05, 3.63) is 29.3 Å². The number of rotatable bonds is 6. The van der Waals surface area contributed by atoms with Crippen LogP contribution in [0.4, 0.5) is 0 Å². The van der Waals surface area contributed by atoms with E-state index in [-0.39, 0.29) is 6.10 Å². The lowest BCUT2D eigenvalue weighted by molar-refractivity contribution is 0.115. The van der Waals surface area contributed by atoms with Crippen LogP contribution in [0.25, 0.3) is 0 Å². The SMILES string of the molecule is CCNCc1cc(S(=O)(=O)N2CCC(OC)C2)ccc1C. The number of sulfonamides is 1. The Labute approximate surface area is 127 Å². The topological polar surface area (TPSA) is 58.6 Å². The third-order valence-electron chi connectivity index (χ3n) is 3.96. The molecule has 0 radical (unpaired) electrons. The number of benzene rings is 1. The normalized spacial score (nSPS) is 20.0. The molecule has 1 atom stereocenters. The molecule has 1 fully saturated rings. The number of nitrogens with zero attached hydrogens (tertiary/aromatic N) is 1. The molecule has 1 unspecified atom stereocenters. The highest BCUT2D eigenvalue weighted by Gasteiger charge is 2.32. The predicted octanol–water partition coefficient (Wildman–Crippen LogP) is 1.51. The van der Waals surface area contributed by atoms with Gasteiger partial charge >= 0.3 is 0 Å². The zero-order valence-electron chi connectivity index (χ0n) is 12.9. The summed E-state index contributed by atoms with van der Waals surface area (Å²) in [4.78, 5) is 0.373. The van der Waals surface area contributed by atoms with Crippen LogP contribution >= 0.6 is 0 Å². The molecule has 0 saturated carbocycles. The first-order valence-corrected chi connectivity index (χ1v) is 8.76. The van der Waals surface area contributed by atoms with Crippen LogP contribution in [0.5, 0.6) is 0 Å². The van der Waals surface area contributed by atoms with Crippen molar-refractivity contribution in [2.45, 2.75) is 37.8 Å². The van der Waals surface area contributed by atoms with Crippen molar-refractivity contribution in [2.24, 2.45) is 0 Å². The van der Waals surface area contributed by atoms with Crippen molar-refractivity contribution < 1.29 is 13.2 Å². The van der Waals surface area contributed by atoms with E-state index in [9.17, 15) is 8.42 Å². The van der Waals surface area contributed by atoms with Gasteiger partial charge < -0.3 is 10.1 Å². The number of nitrogens with one attached hydrogen (secondary N) is 1. The highest BCUT2D eigenvalue weighted by molar-refractivity contribution is 7.89. The minimum absolute atomic E-state index is 0.00597. The lowest BCUT2D eigenvalue weighted by Crippen LogP contribution is -2.30. The van der Waals surface area contributed by atoms with E-state index in [1.54, 1.807) is 19.2 Å². The molecule has 0 bridgehead atoms. The molecular weight excluding hydrogens is 288 g/mol. The summed E-state index contributed by atoms with van der Waals surface area (Å²) in [6, 6.07) is 5.36. The maximum absolute atomic E-state index is 12.7. The molecule has 0 amide bonds. The van der Waals surface area contributed by atoms with Crippen LogP contribution in [-0.2, 0) is 21.3 Å². The van der Waals surface area contributed by atoms with Crippen LogP contribution in [0.2, 0.25) is 0 Å². The van der Waals surface area contributed by atoms with Gasteiger partial charge in [-0.1, -0.05) is 13.0 Å². The molecule has 6 heteroatoms. The van der Waals surface area contributed by atoms with E-state index in [0.717, 1.165) is 24.1 Å². The molecule has 1 saturated heterocycles. The standard InChI is InChI=1S/C15H24N2O3S/c1-4-16-10-13-9-15(6-5-12(13)2)21(18,19)17-8-7-14(11-17)20-3/h5-6,9,14,16H,4,7-8,10-11H2,1-3H3. The van der Waals surface area contributed by atoms with Gasteiger partial charge in [-0.05, 0) is 43.1 Å². The fourth-order valence-corrected chi connectivity index (χ4v) is 4.05. The van der Waals surface area contributed by atoms with Gasteiger partial charge in [0.05, 0.1) is 11.0 Å². The first-order valence-electron chi connectivity index (χ1n) is 7.32. The molecule has 1 aromatic rings. The van der Waals surface area contributed by atoms with E-state index in [4.69, 9.17) is 4.74 Å². The molecule has 118 valence electrons. The van der Waals surface area contributed by atoms with Gasteiger partial charge in [-0.25, -0.2) is 8.42 Å².